The second-order valence-corrected chi connectivity index (χ2v) is 4.26. The van der Waals surface area contributed by atoms with Crippen LogP contribution in [0, 0.1) is 5.92 Å². The van der Waals surface area contributed by atoms with Gasteiger partial charge in [0.05, 0.1) is 0 Å². The average Bonchev–Trinajstić information content (AvgIpc) is 2.31. The minimum atomic E-state index is -0.181. The fourth-order valence-electron chi connectivity index (χ4n) is 1.13. The van der Waals surface area contributed by atoms with Crippen molar-refractivity contribution in [2.75, 3.05) is 18.4 Å². The van der Waals surface area contributed by atoms with E-state index < -0.39 is 0 Å². The summed E-state index contributed by atoms with van der Waals surface area (Å²) in [5.74, 6) is -0.109. The molecule has 0 aliphatic heterocycles. The molecule has 7 heteroatoms. The monoisotopic (exact) mass is 276 g/mol. The van der Waals surface area contributed by atoms with Gasteiger partial charge in [-0.3, -0.25) is 4.79 Å². The third-order valence-electron chi connectivity index (χ3n) is 2.14. The molecule has 0 radical (unpaired) electrons. The number of hydrogen-bond acceptors (Lipinski definition) is 4. The first-order valence-corrected chi connectivity index (χ1v) is 5.99. The van der Waals surface area contributed by atoms with Gasteiger partial charge in [-0.05, 0) is 6.54 Å². The molecule has 17 heavy (non-hydrogen) atoms. The molecule has 1 heterocycles. The van der Waals surface area contributed by atoms with Gasteiger partial charge in [0.1, 0.15) is 11.3 Å². The molecule has 1 aromatic heterocycles. The molecular formula is C10H14Cl2N4O. The van der Waals surface area contributed by atoms with Crippen LogP contribution in [-0.4, -0.2) is 29.0 Å². The molecule has 1 unspecified atom stereocenters. The van der Waals surface area contributed by atoms with E-state index in [1.807, 2.05) is 13.8 Å². The summed E-state index contributed by atoms with van der Waals surface area (Å²) < 4.78 is 0. The number of aromatic nitrogens is 2. The summed E-state index contributed by atoms with van der Waals surface area (Å²) in [5, 5.41) is 5.97. The van der Waals surface area contributed by atoms with Crippen molar-refractivity contribution in [2.45, 2.75) is 13.8 Å². The highest BCUT2D eigenvalue weighted by molar-refractivity contribution is 6.42. The molecule has 0 aliphatic carbocycles. The fraction of sp³-hybridized carbons (Fsp3) is 0.500. The van der Waals surface area contributed by atoms with Gasteiger partial charge < -0.3 is 10.6 Å². The van der Waals surface area contributed by atoms with Crippen LogP contribution in [0.15, 0.2) is 6.33 Å². The van der Waals surface area contributed by atoms with Gasteiger partial charge in [0.15, 0.2) is 11.0 Å². The normalized spacial score (nSPS) is 12.2. The lowest BCUT2D eigenvalue weighted by atomic mass is 10.1. The molecular weight excluding hydrogens is 263 g/mol. The topological polar surface area (TPSA) is 66.9 Å². The van der Waals surface area contributed by atoms with Crippen LogP contribution in [0.2, 0.25) is 10.2 Å². The molecule has 0 spiro atoms. The maximum absolute atomic E-state index is 11.8. The van der Waals surface area contributed by atoms with Gasteiger partial charge in [-0.15, -0.1) is 0 Å². The van der Waals surface area contributed by atoms with Crippen molar-refractivity contribution in [3.63, 3.8) is 0 Å². The van der Waals surface area contributed by atoms with Crippen molar-refractivity contribution in [3.8, 4) is 0 Å². The SMILES string of the molecule is CCNCC(C)C(=O)Nc1ncnc(Cl)c1Cl. The van der Waals surface area contributed by atoms with E-state index in [2.05, 4.69) is 20.6 Å². The van der Waals surface area contributed by atoms with Crippen LogP contribution in [-0.2, 0) is 4.79 Å². The molecule has 0 saturated carbocycles. The number of carbonyl (C=O) groups is 1. The molecule has 1 aromatic rings. The van der Waals surface area contributed by atoms with E-state index >= 15 is 0 Å². The van der Waals surface area contributed by atoms with E-state index in [9.17, 15) is 4.79 Å². The first kappa shape index (κ1) is 14.2. The third-order valence-corrected chi connectivity index (χ3v) is 2.88. The lowest BCUT2D eigenvalue weighted by Gasteiger charge is -2.12. The summed E-state index contributed by atoms with van der Waals surface area (Å²) in [5.41, 5.74) is 0. The molecule has 2 N–H and O–H groups in total. The number of halogens is 2. The Kier molecular flexibility index (Phi) is 5.61. The first-order chi connectivity index (χ1) is 8.06. The number of nitrogens with zero attached hydrogens (tertiary/aromatic N) is 2. The zero-order valence-electron chi connectivity index (χ0n) is 9.63. The van der Waals surface area contributed by atoms with E-state index in [0.29, 0.717) is 6.54 Å². The van der Waals surface area contributed by atoms with Gasteiger partial charge in [0.2, 0.25) is 5.91 Å². The zero-order valence-corrected chi connectivity index (χ0v) is 11.1. The second-order valence-electron chi connectivity index (χ2n) is 3.53. The number of amides is 1. The molecule has 1 rings (SSSR count). The maximum Gasteiger partial charge on any atom is 0.229 e. The third kappa shape index (κ3) is 4.11. The zero-order chi connectivity index (χ0) is 12.8. The molecule has 1 atom stereocenters. The van der Waals surface area contributed by atoms with Gasteiger partial charge in [-0.1, -0.05) is 37.0 Å². The van der Waals surface area contributed by atoms with Crippen molar-refractivity contribution in [3.05, 3.63) is 16.5 Å². The molecule has 5 nitrogen and oxygen atoms in total. The Labute approximate surface area is 110 Å². The van der Waals surface area contributed by atoms with Crippen LogP contribution in [0.25, 0.3) is 0 Å². The predicted molar refractivity (Wildman–Crippen MR) is 68.4 cm³/mol. The number of hydrogen-bond donors (Lipinski definition) is 2. The summed E-state index contributed by atoms with van der Waals surface area (Å²) in [7, 11) is 0. The summed E-state index contributed by atoms with van der Waals surface area (Å²) in [4.78, 5) is 19.3. The predicted octanol–water partition coefficient (Wildman–Crippen LogP) is 1.97. The molecule has 0 aromatic carbocycles. The van der Waals surface area contributed by atoms with Crippen LogP contribution in [0.3, 0.4) is 0 Å². The van der Waals surface area contributed by atoms with E-state index in [4.69, 9.17) is 23.2 Å². The minimum absolute atomic E-state index is 0.122. The van der Waals surface area contributed by atoms with Crippen molar-refractivity contribution >= 4 is 34.9 Å². The fourth-order valence-corrected chi connectivity index (χ4v) is 1.41. The summed E-state index contributed by atoms with van der Waals surface area (Å²) >= 11 is 11.6. The van der Waals surface area contributed by atoms with E-state index in [-0.39, 0.29) is 27.8 Å². The van der Waals surface area contributed by atoms with Crippen LogP contribution < -0.4 is 10.6 Å². The Morgan fingerprint density at radius 1 is 1.47 bits per heavy atom. The number of rotatable bonds is 5. The van der Waals surface area contributed by atoms with E-state index in [0.717, 1.165) is 6.54 Å². The van der Waals surface area contributed by atoms with Crippen LogP contribution >= 0.6 is 23.2 Å². The smallest absolute Gasteiger partial charge is 0.229 e. The Balaban J connectivity index is 2.64. The molecule has 94 valence electrons. The summed E-state index contributed by atoms with van der Waals surface area (Å²) in [6.45, 7) is 5.21. The summed E-state index contributed by atoms with van der Waals surface area (Å²) in [6.07, 6.45) is 1.25. The van der Waals surface area contributed by atoms with E-state index in [1.165, 1.54) is 6.33 Å². The van der Waals surface area contributed by atoms with Crippen molar-refractivity contribution in [1.82, 2.24) is 15.3 Å². The molecule has 1 amide bonds. The lowest BCUT2D eigenvalue weighted by molar-refractivity contribution is -0.119. The Morgan fingerprint density at radius 2 is 2.18 bits per heavy atom. The largest absolute Gasteiger partial charge is 0.316 e. The van der Waals surface area contributed by atoms with E-state index in [1.54, 1.807) is 0 Å². The van der Waals surface area contributed by atoms with Gasteiger partial charge in [0.25, 0.3) is 0 Å². The van der Waals surface area contributed by atoms with Crippen LogP contribution in [0.1, 0.15) is 13.8 Å². The highest BCUT2D eigenvalue weighted by atomic mass is 35.5. The molecule has 0 fully saturated rings. The van der Waals surface area contributed by atoms with Gasteiger partial charge >= 0.3 is 0 Å². The maximum atomic E-state index is 11.8. The second kappa shape index (κ2) is 6.74. The Bertz CT molecular complexity index is 400. The highest BCUT2D eigenvalue weighted by Crippen LogP contribution is 2.25. The van der Waals surface area contributed by atoms with Gasteiger partial charge in [-0.2, -0.15) is 0 Å². The lowest BCUT2D eigenvalue weighted by Crippen LogP contribution is -2.30. The average molecular weight is 277 g/mol. The quantitative estimate of drug-likeness (QED) is 0.807. The Hall–Kier alpha value is -0.910. The van der Waals surface area contributed by atoms with Crippen molar-refractivity contribution in [2.24, 2.45) is 5.92 Å². The number of anilines is 1. The summed E-state index contributed by atoms with van der Waals surface area (Å²) in [6, 6.07) is 0. The molecule has 0 aliphatic rings. The number of carbonyl (C=O) groups excluding carboxylic acids is 1. The standard InChI is InChI=1S/C10H14Cl2N4O/c1-3-13-4-6(2)10(17)16-9-7(11)8(12)14-5-15-9/h5-6,13H,3-4H2,1-2H3,(H,14,15,16,17). The minimum Gasteiger partial charge on any atom is -0.316 e. The van der Waals surface area contributed by atoms with Gasteiger partial charge in [-0.25, -0.2) is 9.97 Å². The van der Waals surface area contributed by atoms with Crippen molar-refractivity contribution in [1.29, 1.82) is 0 Å². The number of nitrogens with one attached hydrogen (secondary N) is 2. The first-order valence-electron chi connectivity index (χ1n) is 5.23. The Morgan fingerprint density at radius 3 is 2.82 bits per heavy atom. The van der Waals surface area contributed by atoms with Crippen LogP contribution in [0.5, 0.6) is 0 Å². The van der Waals surface area contributed by atoms with Crippen LogP contribution in [0.4, 0.5) is 5.82 Å². The molecule has 0 saturated heterocycles. The van der Waals surface area contributed by atoms with Crippen molar-refractivity contribution < 1.29 is 4.79 Å². The highest BCUT2D eigenvalue weighted by Gasteiger charge is 2.15. The molecule has 0 bridgehead atoms. The van der Waals surface area contributed by atoms with Gasteiger partial charge in [0, 0.05) is 12.5 Å².